The summed E-state index contributed by atoms with van der Waals surface area (Å²) in [5.74, 6) is 0. The molecule has 1 N–H and O–H groups in total. The second kappa shape index (κ2) is 6.31. The van der Waals surface area contributed by atoms with Gasteiger partial charge in [0.25, 0.3) is 0 Å². The van der Waals surface area contributed by atoms with Crippen molar-refractivity contribution in [1.29, 1.82) is 0 Å². The molecule has 1 atom stereocenters. The van der Waals surface area contributed by atoms with Crippen LogP contribution in [0.25, 0.3) is 10.9 Å². The first kappa shape index (κ1) is 12.8. The molecule has 0 aliphatic heterocycles. The third-order valence-electron chi connectivity index (χ3n) is 3.06. The van der Waals surface area contributed by atoms with Crippen molar-refractivity contribution in [3.8, 4) is 0 Å². The quantitative estimate of drug-likeness (QED) is 0.776. The molecule has 2 rings (SSSR count). The third kappa shape index (κ3) is 2.96. The van der Waals surface area contributed by atoms with Gasteiger partial charge in [0.15, 0.2) is 0 Å². The highest BCUT2D eigenvalue weighted by molar-refractivity contribution is 5.78. The van der Waals surface area contributed by atoms with Crippen molar-refractivity contribution in [2.75, 3.05) is 6.54 Å². The number of nitrogens with one attached hydrogen (secondary N) is 1. The molecule has 0 saturated heterocycles. The molecule has 1 heterocycles. The van der Waals surface area contributed by atoms with E-state index in [1.54, 1.807) is 0 Å². The van der Waals surface area contributed by atoms with E-state index in [9.17, 15) is 0 Å². The predicted octanol–water partition coefficient (Wildman–Crippen LogP) is 3.85. The number of hydrogen-bond donors (Lipinski definition) is 1. The fourth-order valence-corrected chi connectivity index (χ4v) is 2.10. The van der Waals surface area contributed by atoms with Crippen LogP contribution in [0.4, 0.5) is 0 Å². The Balaban J connectivity index is 2.28. The lowest BCUT2D eigenvalue weighted by Gasteiger charge is -2.17. The summed E-state index contributed by atoms with van der Waals surface area (Å²) in [6.45, 7) is 7.03. The standard InChI is InChI=1S/C16H20N2/c1-3-7-15(17-10-4-2)14-11-13-8-5-6-9-16(13)18-12-14/h3,5-6,8-9,11-12,15,17H,1,4,7,10H2,2H3. The van der Waals surface area contributed by atoms with Gasteiger partial charge in [-0.1, -0.05) is 31.2 Å². The SMILES string of the molecule is C=CCC(NCCC)c1cnc2ccccc2c1. The summed E-state index contributed by atoms with van der Waals surface area (Å²) in [4.78, 5) is 4.52. The minimum absolute atomic E-state index is 0.319. The Kier molecular flexibility index (Phi) is 4.48. The van der Waals surface area contributed by atoms with Crippen LogP contribution in [-0.4, -0.2) is 11.5 Å². The Morgan fingerprint density at radius 1 is 1.39 bits per heavy atom. The van der Waals surface area contributed by atoms with Gasteiger partial charge in [0.1, 0.15) is 0 Å². The fourth-order valence-electron chi connectivity index (χ4n) is 2.10. The summed E-state index contributed by atoms with van der Waals surface area (Å²) in [6.07, 6.45) is 6.00. The van der Waals surface area contributed by atoms with E-state index < -0.39 is 0 Å². The Morgan fingerprint density at radius 3 is 3.00 bits per heavy atom. The Hall–Kier alpha value is -1.67. The predicted molar refractivity (Wildman–Crippen MR) is 77.6 cm³/mol. The summed E-state index contributed by atoms with van der Waals surface area (Å²) in [5, 5.41) is 4.74. The highest BCUT2D eigenvalue weighted by Crippen LogP contribution is 2.20. The van der Waals surface area contributed by atoms with Gasteiger partial charge in [-0.05, 0) is 37.1 Å². The highest BCUT2D eigenvalue weighted by atomic mass is 14.9. The number of pyridine rings is 1. The van der Waals surface area contributed by atoms with Crippen LogP contribution in [0.2, 0.25) is 0 Å². The van der Waals surface area contributed by atoms with Gasteiger partial charge in [-0.25, -0.2) is 0 Å². The lowest BCUT2D eigenvalue weighted by molar-refractivity contribution is 0.536. The molecule has 2 aromatic rings. The minimum Gasteiger partial charge on any atom is -0.310 e. The molecule has 1 aromatic carbocycles. The van der Waals surface area contributed by atoms with Gasteiger partial charge in [-0.3, -0.25) is 4.98 Å². The van der Waals surface area contributed by atoms with E-state index in [1.165, 1.54) is 10.9 Å². The second-order valence-corrected chi connectivity index (χ2v) is 4.49. The van der Waals surface area contributed by atoms with E-state index in [2.05, 4.69) is 42.0 Å². The molecule has 18 heavy (non-hydrogen) atoms. The monoisotopic (exact) mass is 240 g/mol. The van der Waals surface area contributed by atoms with E-state index in [-0.39, 0.29) is 0 Å². The molecule has 2 nitrogen and oxygen atoms in total. The second-order valence-electron chi connectivity index (χ2n) is 4.49. The Labute approximate surface area is 109 Å². The molecule has 0 spiro atoms. The summed E-state index contributed by atoms with van der Waals surface area (Å²) in [7, 11) is 0. The number of fused-ring (bicyclic) bond motifs is 1. The molecule has 0 aliphatic carbocycles. The lowest BCUT2D eigenvalue weighted by Crippen LogP contribution is -2.21. The topological polar surface area (TPSA) is 24.9 Å². The van der Waals surface area contributed by atoms with Crippen molar-refractivity contribution in [3.63, 3.8) is 0 Å². The number of nitrogens with zero attached hydrogens (tertiary/aromatic N) is 1. The zero-order valence-corrected chi connectivity index (χ0v) is 10.9. The van der Waals surface area contributed by atoms with Crippen molar-refractivity contribution >= 4 is 10.9 Å². The van der Waals surface area contributed by atoms with Gasteiger partial charge >= 0.3 is 0 Å². The molecule has 0 amide bonds. The van der Waals surface area contributed by atoms with Crippen LogP contribution < -0.4 is 5.32 Å². The van der Waals surface area contributed by atoms with Gasteiger partial charge < -0.3 is 5.32 Å². The van der Waals surface area contributed by atoms with E-state index in [4.69, 9.17) is 0 Å². The smallest absolute Gasteiger partial charge is 0.0702 e. The molecular formula is C16H20N2. The van der Waals surface area contributed by atoms with Crippen LogP contribution in [0.5, 0.6) is 0 Å². The zero-order chi connectivity index (χ0) is 12.8. The van der Waals surface area contributed by atoms with Gasteiger partial charge in [0, 0.05) is 17.6 Å². The maximum Gasteiger partial charge on any atom is 0.0702 e. The zero-order valence-electron chi connectivity index (χ0n) is 10.9. The summed E-state index contributed by atoms with van der Waals surface area (Å²) in [6, 6.07) is 10.8. The van der Waals surface area contributed by atoms with E-state index >= 15 is 0 Å². The van der Waals surface area contributed by atoms with Crippen molar-refractivity contribution in [3.05, 3.63) is 54.7 Å². The minimum atomic E-state index is 0.319. The van der Waals surface area contributed by atoms with Gasteiger partial charge in [-0.2, -0.15) is 0 Å². The summed E-state index contributed by atoms with van der Waals surface area (Å²) in [5.41, 5.74) is 2.29. The highest BCUT2D eigenvalue weighted by Gasteiger charge is 2.09. The largest absolute Gasteiger partial charge is 0.310 e. The fraction of sp³-hybridized carbons (Fsp3) is 0.312. The van der Waals surface area contributed by atoms with Crippen molar-refractivity contribution < 1.29 is 0 Å². The number of rotatable bonds is 6. The number of para-hydroxylation sites is 1. The van der Waals surface area contributed by atoms with Crippen molar-refractivity contribution in [2.45, 2.75) is 25.8 Å². The molecular weight excluding hydrogens is 220 g/mol. The number of hydrogen-bond acceptors (Lipinski definition) is 2. The van der Waals surface area contributed by atoms with Crippen LogP contribution in [0.3, 0.4) is 0 Å². The van der Waals surface area contributed by atoms with Crippen LogP contribution in [0.1, 0.15) is 31.4 Å². The molecule has 94 valence electrons. The normalized spacial score (nSPS) is 12.5. The van der Waals surface area contributed by atoms with Crippen LogP contribution in [-0.2, 0) is 0 Å². The van der Waals surface area contributed by atoms with Crippen LogP contribution in [0, 0.1) is 0 Å². The van der Waals surface area contributed by atoms with E-state index in [0.29, 0.717) is 6.04 Å². The molecule has 0 fully saturated rings. The molecule has 0 radical (unpaired) electrons. The first-order valence-electron chi connectivity index (χ1n) is 6.54. The average molecular weight is 240 g/mol. The number of benzene rings is 1. The molecule has 0 saturated carbocycles. The maximum absolute atomic E-state index is 4.52. The number of aromatic nitrogens is 1. The maximum atomic E-state index is 4.52. The third-order valence-corrected chi connectivity index (χ3v) is 3.06. The van der Waals surface area contributed by atoms with E-state index in [1.807, 2.05) is 24.4 Å². The van der Waals surface area contributed by atoms with Gasteiger partial charge in [0.2, 0.25) is 0 Å². The molecule has 1 aromatic heterocycles. The molecule has 0 bridgehead atoms. The van der Waals surface area contributed by atoms with Gasteiger partial charge in [-0.15, -0.1) is 6.58 Å². The Morgan fingerprint density at radius 2 is 2.22 bits per heavy atom. The van der Waals surface area contributed by atoms with Crippen molar-refractivity contribution in [2.24, 2.45) is 0 Å². The first-order chi connectivity index (χ1) is 8.85. The van der Waals surface area contributed by atoms with Crippen LogP contribution >= 0.6 is 0 Å². The molecule has 1 unspecified atom stereocenters. The Bertz CT molecular complexity index is 519. The lowest BCUT2D eigenvalue weighted by atomic mass is 10.0. The van der Waals surface area contributed by atoms with Gasteiger partial charge in [0.05, 0.1) is 5.52 Å². The molecule has 2 heteroatoms. The molecule has 0 aliphatic rings. The summed E-state index contributed by atoms with van der Waals surface area (Å²) >= 11 is 0. The van der Waals surface area contributed by atoms with Crippen molar-refractivity contribution in [1.82, 2.24) is 10.3 Å². The van der Waals surface area contributed by atoms with Crippen LogP contribution in [0.15, 0.2) is 49.2 Å². The first-order valence-corrected chi connectivity index (χ1v) is 6.54. The van der Waals surface area contributed by atoms with E-state index in [0.717, 1.165) is 24.9 Å². The average Bonchev–Trinajstić information content (AvgIpc) is 2.43. The summed E-state index contributed by atoms with van der Waals surface area (Å²) < 4.78 is 0.